The molecular weight excluding hydrogens is 566 g/mol. The van der Waals surface area contributed by atoms with Crippen LogP contribution in [0.25, 0.3) is 22.0 Å². The molecule has 1 aliphatic heterocycles. The lowest BCUT2D eigenvalue weighted by Crippen LogP contribution is -2.57. The summed E-state index contributed by atoms with van der Waals surface area (Å²) in [4.78, 5) is 45.7. The van der Waals surface area contributed by atoms with Gasteiger partial charge in [0.25, 0.3) is 0 Å². The summed E-state index contributed by atoms with van der Waals surface area (Å²) in [6, 6.07) is 24.9. The number of H-pyrrole nitrogens is 1. The van der Waals surface area contributed by atoms with Gasteiger partial charge in [-0.05, 0) is 74.8 Å². The van der Waals surface area contributed by atoms with Gasteiger partial charge in [0.05, 0.1) is 13.0 Å². The second-order valence-corrected chi connectivity index (χ2v) is 13.1. The lowest BCUT2D eigenvalue weighted by atomic mass is 9.85. The highest BCUT2D eigenvalue weighted by Crippen LogP contribution is 2.42. The van der Waals surface area contributed by atoms with Gasteiger partial charge in [-0.2, -0.15) is 0 Å². The van der Waals surface area contributed by atoms with Gasteiger partial charge in [-0.1, -0.05) is 72.8 Å². The fourth-order valence-corrected chi connectivity index (χ4v) is 6.80. The van der Waals surface area contributed by atoms with Gasteiger partial charge in [0, 0.05) is 29.1 Å². The van der Waals surface area contributed by atoms with E-state index in [1.165, 1.54) is 7.11 Å². The summed E-state index contributed by atoms with van der Waals surface area (Å²) in [6.45, 7) is 5.51. The van der Waals surface area contributed by atoms with Crippen molar-refractivity contribution in [3.8, 4) is 11.1 Å². The minimum Gasteiger partial charge on any atom is -0.469 e. The maximum atomic E-state index is 14.2. The Balaban J connectivity index is 1.39. The number of carbonyl (C=O) groups excluding carboxylic acids is 3. The largest absolute Gasteiger partial charge is 0.469 e. The van der Waals surface area contributed by atoms with Gasteiger partial charge in [-0.3, -0.25) is 14.5 Å². The molecule has 0 unspecified atom stereocenters. The van der Waals surface area contributed by atoms with Crippen LogP contribution >= 0.6 is 0 Å². The number of aromatic nitrogens is 1. The Kier molecular flexibility index (Phi) is 8.40. The molecule has 0 saturated heterocycles. The second-order valence-electron chi connectivity index (χ2n) is 13.1. The number of amides is 2. The molecule has 0 radical (unpaired) electrons. The number of fused-ring (bicyclic) bond motifs is 3. The van der Waals surface area contributed by atoms with E-state index in [0.717, 1.165) is 38.9 Å². The van der Waals surface area contributed by atoms with E-state index in [1.807, 2.05) is 69.3 Å². The van der Waals surface area contributed by atoms with Crippen molar-refractivity contribution in [2.75, 3.05) is 7.11 Å². The summed E-state index contributed by atoms with van der Waals surface area (Å²) in [6.07, 6.45) is 2.46. The molecule has 1 fully saturated rings. The van der Waals surface area contributed by atoms with E-state index in [-0.39, 0.29) is 23.8 Å². The van der Waals surface area contributed by atoms with Gasteiger partial charge in [-0.25, -0.2) is 4.79 Å². The third kappa shape index (κ3) is 6.32. The van der Waals surface area contributed by atoms with Crippen LogP contribution in [0.3, 0.4) is 0 Å². The number of rotatable bonds is 5. The normalized spacial score (nSPS) is 21.6. The van der Waals surface area contributed by atoms with Crippen molar-refractivity contribution in [2.24, 2.45) is 5.92 Å². The number of carbonyl (C=O) groups is 3. The average Bonchev–Trinajstić information content (AvgIpc) is 3.42. The molecule has 8 nitrogen and oxygen atoms in total. The monoisotopic (exact) mass is 607 g/mol. The fourth-order valence-electron chi connectivity index (χ4n) is 6.80. The van der Waals surface area contributed by atoms with Crippen LogP contribution in [0.5, 0.6) is 0 Å². The van der Waals surface area contributed by atoms with E-state index in [4.69, 9.17) is 9.47 Å². The molecule has 4 aromatic rings. The molecule has 1 aromatic heterocycles. The number of hydrogen-bond donors (Lipinski definition) is 2. The van der Waals surface area contributed by atoms with Crippen molar-refractivity contribution < 1.29 is 23.9 Å². The maximum Gasteiger partial charge on any atom is 0.411 e. The summed E-state index contributed by atoms with van der Waals surface area (Å²) < 4.78 is 10.9. The van der Waals surface area contributed by atoms with Gasteiger partial charge in [-0.15, -0.1) is 0 Å². The maximum absolute atomic E-state index is 14.2. The van der Waals surface area contributed by atoms with Crippen LogP contribution < -0.4 is 5.32 Å². The Morgan fingerprint density at radius 1 is 0.844 bits per heavy atom. The molecule has 3 aromatic carbocycles. The Bertz CT molecular complexity index is 1680. The van der Waals surface area contributed by atoms with E-state index in [2.05, 4.69) is 40.6 Å². The van der Waals surface area contributed by atoms with E-state index in [0.29, 0.717) is 32.1 Å². The van der Waals surface area contributed by atoms with Gasteiger partial charge >= 0.3 is 12.1 Å². The smallest absolute Gasteiger partial charge is 0.411 e. The molecule has 8 heteroatoms. The molecule has 1 saturated carbocycles. The molecule has 2 amide bonds. The number of nitrogens with one attached hydrogen (secondary N) is 2. The third-order valence-electron chi connectivity index (χ3n) is 8.98. The van der Waals surface area contributed by atoms with Gasteiger partial charge in [0.15, 0.2) is 0 Å². The minimum atomic E-state index is -0.802. The predicted octanol–water partition coefficient (Wildman–Crippen LogP) is 6.93. The number of esters is 1. The lowest BCUT2D eigenvalue weighted by molar-refractivity contribution is -0.146. The summed E-state index contributed by atoms with van der Waals surface area (Å²) >= 11 is 0. The zero-order valence-corrected chi connectivity index (χ0v) is 26.3. The number of hydrogen-bond acceptors (Lipinski definition) is 5. The highest BCUT2D eigenvalue weighted by atomic mass is 16.6. The van der Waals surface area contributed by atoms with Crippen molar-refractivity contribution in [3.05, 3.63) is 95.7 Å². The number of aromatic amines is 1. The molecule has 2 aliphatic rings. The lowest BCUT2D eigenvalue weighted by Gasteiger charge is -2.42. The first-order valence-corrected chi connectivity index (χ1v) is 15.8. The SMILES string of the molecule is COC(=O)C1CCC(NC(=O)[C@H]2Cc3c([nH]c4ccccc34)[C@H](c3ccc(-c4ccccc4)cc3)N2C(=O)OC(C)(C)C)CC1. The van der Waals surface area contributed by atoms with Crippen molar-refractivity contribution in [2.45, 2.75) is 76.6 Å². The van der Waals surface area contributed by atoms with Crippen molar-refractivity contribution in [1.82, 2.24) is 15.2 Å². The zero-order valence-electron chi connectivity index (χ0n) is 26.3. The first-order chi connectivity index (χ1) is 21.6. The molecule has 234 valence electrons. The second kappa shape index (κ2) is 12.4. The van der Waals surface area contributed by atoms with Crippen molar-refractivity contribution in [3.63, 3.8) is 0 Å². The molecule has 1 aliphatic carbocycles. The highest BCUT2D eigenvalue weighted by Gasteiger charge is 2.45. The van der Waals surface area contributed by atoms with Crippen LogP contribution in [-0.2, 0) is 25.5 Å². The Morgan fingerprint density at radius 3 is 2.16 bits per heavy atom. The van der Waals surface area contributed by atoms with Crippen LogP contribution in [0.1, 0.15) is 69.3 Å². The van der Waals surface area contributed by atoms with Crippen LogP contribution in [-0.4, -0.2) is 52.6 Å². The van der Waals surface area contributed by atoms with Gasteiger partial charge in [0.2, 0.25) is 5.91 Å². The van der Waals surface area contributed by atoms with E-state index in [9.17, 15) is 14.4 Å². The standard InChI is InChI=1S/C37H41N3O5/c1-37(2,3)45-36(43)40-31(34(41)38-27-20-18-26(19-21-27)35(42)44-4)22-29-28-12-8-9-13-30(28)39-32(29)33(40)25-16-14-24(15-17-25)23-10-6-5-7-11-23/h5-17,26-27,31,33,39H,18-22H2,1-4H3,(H,38,41)/t26?,27?,31-,33+/m1/s1. The predicted molar refractivity (Wildman–Crippen MR) is 173 cm³/mol. The summed E-state index contributed by atoms with van der Waals surface area (Å²) in [7, 11) is 1.41. The van der Waals surface area contributed by atoms with Crippen molar-refractivity contribution in [1.29, 1.82) is 0 Å². The van der Waals surface area contributed by atoms with E-state index in [1.54, 1.807) is 4.90 Å². The number of para-hydroxylation sites is 1. The summed E-state index contributed by atoms with van der Waals surface area (Å²) in [5.74, 6) is -0.562. The van der Waals surface area contributed by atoms with Gasteiger partial charge < -0.3 is 19.8 Å². The molecule has 0 bridgehead atoms. The van der Waals surface area contributed by atoms with Crippen LogP contribution in [0.15, 0.2) is 78.9 Å². The summed E-state index contributed by atoms with van der Waals surface area (Å²) in [5.41, 5.74) is 5.15. The number of nitrogens with zero attached hydrogens (tertiary/aromatic N) is 1. The number of methoxy groups -OCH3 is 1. The van der Waals surface area contributed by atoms with E-state index >= 15 is 0 Å². The molecule has 0 spiro atoms. The molecular formula is C37H41N3O5. The zero-order chi connectivity index (χ0) is 31.7. The number of ether oxygens (including phenoxy) is 2. The van der Waals surface area contributed by atoms with Crippen LogP contribution in [0.4, 0.5) is 4.79 Å². The molecule has 6 rings (SSSR count). The molecule has 2 heterocycles. The molecule has 2 atom stereocenters. The van der Waals surface area contributed by atoms with Crippen LogP contribution in [0, 0.1) is 5.92 Å². The number of benzene rings is 3. The van der Waals surface area contributed by atoms with Crippen LogP contribution in [0.2, 0.25) is 0 Å². The Labute approximate surface area is 264 Å². The quantitative estimate of drug-likeness (QED) is 0.240. The topological polar surface area (TPSA) is 101 Å². The van der Waals surface area contributed by atoms with Crippen molar-refractivity contribution >= 4 is 28.9 Å². The van der Waals surface area contributed by atoms with E-state index < -0.39 is 23.8 Å². The average molecular weight is 608 g/mol. The van der Waals surface area contributed by atoms with Gasteiger partial charge in [0.1, 0.15) is 17.7 Å². The first-order valence-electron chi connectivity index (χ1n) is 15.8. The summed E-state index contributed by atoms with van der Waals surface area (Å²) in [5, 5.41) is 4.28. The first kappa shape index (κ1) is 30.4. The fraction of sp³-hybridized carbons (Fsp3) is 0.378. The minimum absolute atomic E-state index is 0.0909. The Hall–Kier alpha value is -4.59. The molecule has 45 heavy (non-hydrogen) atoms. The third-order valence-corrected chi connectivity index (χ3v) is 8.98. The highest BCUT2D eigenvalue weighted by molar-refractivity contribution is 5.91. The molecule has 2 N–H and O–H groups in total. The Morgan fingerprint density at radius 2 is 1.49 bits per heavy atom.